The van der Waals surface area contributed by atoms with E-state index >= 15 is 0 Å². The van der Waals surface area contributed by atoms with Crippen molar-refractivity contribution in [2.45, 2.75) is 19.8 Å². The number of alkyl carbamates (subject to hydrolysis) is 1. The lowest BCUT2D eigenvalue weighted by Crippen LogP contribution is -2.36. The highest BCUT2D eigenvalue weighted by Gasteiger charge is 2.03. The average molecular weight is 294 g/mol. The van der Waals surface area contributed by atoms with Gasteiger partial charge in [0.2, 0.25) is 0 Å². The van der Waals surface area contributed by atoms with E-state index in [0.29, 0.717) is 18.8 Å². The largest absolute Gasteiger partial charge is 0.484 e. The predicted molar refractivity (Wildman–Crippen MR) is 79.3 cm³/mol. The molecule has 0 spiro atoms. The molecule has 0 heterocycles. The van der Waals surface area contributed by atoms with E-state index in [9.17, 15) is 9.59 Å². The first-order valence-corrected chi connectivity index (χ1v) is 6.96. The number of carbonyl (C=O) groups excluding carboxylic acids is 2. The lowest BCUT2D eigenvalue weighted by atomic mass is 10.1. The van der Waals surface area contributed by atoms with Crippen LogP contribution in [0.2, 0.25) is 0 Å². The Balaban J connectivity index is 2.19. The first kappa shape index (κ1) is 16.8. The first-order chi connectivity index (χ1) is 10.2. The molecule has 0 aliphatic heterocycles. The van der Waals surface area contributed by atoms with Crippen molar-refractivity contribution in [3.05, 3.63) is 29.8 Å². The number of ether oxygens (including phenoxy) is 2. The van der Waals surface area contributed by atoms with Crippen molar-refractivity contribution in [1.82, 2.24) is 10.6 Å². The van der Waals surface area contributed by atoms with Crippen LogP contribution >= 0.6 is 0 Å². The van der Waals surface area contributed by atoms with Gasteiger partial charge in [-0.05, 0) is 24.1 Å². The molecule has 0 radical (unpaired) electrons. The fourth-order valence-corrected chi connectivity index (χ4v) is 1.68. The van der Waals surface area contributed by atoms with Gasteiger partial charge in [0.1, 0.15) is 5.75 Å². The molecule has 0 aromatic heterocycles. The molecule has 0 aliphatic carbocycles. The Morgan fingerprint density at radius 1 is 1.10 bits per heavy atom. The second-order valence-corrected chi connectivity index (χ2v) is 4.45. The maximum Gasteiger partial charge on any atom is 0.406 e. The number of rotatable bonds is 8. The second kappa shape index (κ2) is 9.63. The van der Waals surface area contributed by atoms with Crippen LogP contribution in [-0.2, 0) is 16.0 Å². The third kappa shape index (κ3) is 7.20. The second-order valence-electron chi connectivity index (χ2n) is 4.45. The molecule has 0 bridgehead atoms. The molecule has 21 heavy (non-hydrogen) atoms. The van der Waals surface area contributed by atoms with Crippen molar-refractivity contribution in [2.24, 2.45) is 0 Å². The number of aryl methyl sites for hydroxylation is 1. The molecule has 1 aromatic carbocycles. The van der Waals surface area contributed by atoms with Crippen LogP contribution < -0.4 is 15.4 Å². The summed E-state index contributed by atoms with van der Waals surface area (Å²) in [5.74, 6) is 0.428. The van der Waals surface area contributed by atoms with Crippen LogP contribution in [0.15, 0.2) is 24.3 Å². The van der Waals surface area contributed by atoms with Crippen molar-refractivity contribution < 1.29 is 19.1 Å². The molecular weight excluding hydrogens is 272 g/mol. The summed E-state index contributed by atoms with van der Waals surface area (Å²) in [5, 5.41) is 5.09. The van der Waals surface area contributed by atoms with Gasteiger partial charge < -0.3 is 20.1 Å². The number of carbonyl (C=O) groups is 2. The van der Waals surface area contributed by atoms with Gasteiger partial charge >= 0.3 is 6.09 Å². The minimum absolute atomic E-state index is 0.0502. The van der Waals surface area contributed by atoms with Crippen LogP contribution in [0.4, 0.5) is 4.79 Å². The summed E-state index contributed by atoms with van der Waals surface area (Å²) in [7, 11) is 1.29. The fraction of sp³-hybridized carbons (Fsp3) is 0.467. The third-order valence-electron chi connectivity index (χ3n) is 2.73. The Morgan fingerprint density at radius 2 is 1.76 bits per heavy atom. The Labute approximate surface area is 124 Å². The Hall–Kier alpha value is -2.24. The maximum atomic E-state index is 11.5. The van der Waals surface area contributed by atoms with E-state index < -0.39 is 6.09 Å². The predicted octanol–water partition coefficient (Wildman–Crippen LogP) is 1.49. The molecule has 0 unspecified atom stereocenters. The number of hydrogen-bond acceptors (Lipinski definition) is 4. The first-order valence-electron chi connectivity index (χ1n) is 6.96. The number of benzene rings is 1. The number of hydrogen-bond donors (Lipinski definition) is 2. The van der Waals surface area contributed by atoms with Gasteiger partial charge in [-0.25, -0.2) is 4.79 Å². The van der Waals surface area contributed by atoms with Gasteiger partial charge in [0.05, 0.1) is 7.11 Å². The van der Waals surface area contributed by atoms with E-state index in [1.807, 2.05) is 24.3 Å². The van der Waals surface area contributed by atoms with E-state index in [0.717, 1.165) is 12.8 Å². The lowest BCUT2D eigenvalue weighted by molar-refractivity contribution is -0.123. The summed E-state index contributed by atoms with van der Waals surface area (Å²) in [4.78, 5) is 22.3. The van der Waals surface area contributed by atoms with Gasteiger partial charge in [0.25, 0.3) is 5.91 Å². The van der Waals surface area contributed by atoms with Crippen molar-refractivity contribution in [3.8, 4) is 5.75 Å². The van der Waals surface area contributed by atoms with Crippen molar-refractivity contribution in [2.75, 3.05) is 26.8 Å². The number of amides is 2. The van der Waals surface area contributed by atoms with Gasteiger partial charge in [0.15, 0.2) is 6.61 Å². The van der Waals surface area contributed by atoms with Crippen molar-refractivity contribution in [1.29, 1.82) is 0 Å². The summed E-state index contributed by atoms with van der Waals surface area (Å²) in [5.41, 5.74) is 1.25. The molecule has 0 saturated heterocycles. The smallest absolute Gasteiger partial charge is 0.406 e. The van der Waals surface area contributed by atoms with E-state index in [4.69, 9.17) is 4.74 Å². The lowest BCUT2D eigenvalue weighted by Gasteiger charge is -2.08. The molecule has 6 heteroatoms. The van der Waals surface area contributed by atoms with E-state index in [1.165, 1.54) is 12.7 Å². The third-order valence-corrected chi connectivity index (χ3v) is 2.73. The Kier molecular flexibility index (Phi) is 7.71. The van der Waals surface area contributed by atoms with Crippen LogP contribution in [-0.4, -0.2) is 38.8 Å². The normalized spacial score (nSPS) is 9.81. The Bertz CT molecular complexity index is 445. The highest BCUT2D eigenvalue weighted by atomic mass is 16.5. The molecule has 6 nitrogen and oxygen atoms in total. The highest BCUT2D eigenvalue weighted by molar-refractivity contribution is 5.77. The quantitative estimate of drug-likeness (QED) is 0.712. The zero-order valence-electron chi connectivity index (χ0n) is 12.5. The number of nitrogens with one attached hydrogen (secondary N) is 2. The molecule has 1 rings (SSSR count). The molecular formula is C15H22N2O4. The summed E-state index contributed by atoms with van der Waals surface area (Å²) < 4.78 is 9.78. The summed E-state index contributed by atoms with van der Waals surface area (Å²) in [6.45, 7) is 2.71. The van der Waals surface area contributed by atoms with Crippen LogP contribution in [0.1, 0.15) is 18.9 Å². The molecule has 0 atom stereocenters. The average Bonchev–Trinajstić information content (AvgIpc) is 2.51. The zero-order chi connectivity index (χ0) is 15.5. The van der Waals surface area contributed by atoms with Crippen LogP contribution in [0.5, 0.6) is 5.75 Å². The number of methoxy groups -OCH3 is 1. The summed E-state index contributed by atoms with van der Waals surface area (Å²) >= 11 is 0. The molecule has 2 N–H and O–H groups in total. The zero-order valence-corrected chi connectivity index (χ0v) is 12.5. The molecule has 0 saturated carbocycles. The Morgan fingerprint density at radius 3 is 2.38 bits per heavy atom. The minimum atomic E-state index is -0.521. The molecule has 0 aliphatic rings. The van der Waals surface area contributed by atoms with E-state index in [2.05, 4.69) is 22.3 Å². The monoisotopic (exact) mass is 294 g/mol. The molecule has 0 fully saturated rings. The minimum Gasteiger partial charge on any atom is -0.484 e. The van der Waals surface area contributed by atoms with Crippen LogP contribution in [0, 0.1) is 0 Å². The molecule has 2 amide bonds. The van der Waals surface area contributed by atoms with Crippen LogP contribution in [0.3, 0.4) is 0 Å². The SMILES string of the molecule is CCCc1ccc(OCC(=O)NCCNC(=O)OC)cc1. The maximum absolute atomic E-state index is 11.5. The van der Waals surface area contributed by atoms with Gasteiger partial charge in [-0.15, -0.1) is 0 Å². The molecule has 1 aromatic rings. The van der Waals surface area contributed by atoms with Gasteiger partial charge in [-0.2, -0.15) is 0 Å². The standard InChI is InChI=1S/C15H22N2O4/c1-3-4-12-5-7-13(8-6-12)21-11-14(18)16-9-10-17-15(19)20-2/h5-8H,3-4,9-11H2,1-2H3,(H,16,18)(H,17,19). The summed E-state index contributed by atoms with van der Waals surface area (Å²) in [6.07, 6.45) is 1.61. The van der Waals surface area contributed by atoms with Crippen molar-refractivity contribution in [3.63, 3.8) is 0 Å². The highest BCUT2D eigenvalue weighted by Crippen LogP contribution is 2.13. The van der Waals surface area contributed by atoms with Gasteiger partial charge in [0, 0.05) is 13.1 Å². The van der Waals surface area contributed by atoms with Crippen LogP contribution in [0.25, 0.3) is 0 Å². The fourth-order valence-electron chi connectivity index (χ4n) is 1.68. The van der Waals surface area contributed by atoms with E-state index in [1.54, 1.807) is 0 Å². The topological polar surface area (TPSA) is 76.7 Å². The summed E-state index contributed by atoms with van der Waals surface area (Å²) in [6, 6.07) is 7.71. The van der Waals surface area contributed by atoms with Gasteiger partial charge in [-0.3, -0.25) is 4.79 Å². The van der Waals surface area contributed by atoms with Crippen molar-refractivity contribution >= 4 is 12.0 Å². The molecule has 116 valence electrons. The van der Waals surface area contributed by atoms with Gasteiger partial charge in [-0.1, -0.05) is 25.5 Å². The van der Waals surface area contributed by atoms with E-state index in [-0.39, 0.29) is 12.5 Å².